The van der Waals surface area contributed by atoms with Crippen LogP contribution >= 0.6 is 0 Å². The molecule has 2 aromatic rings. The van der Waals surface area contributed by atoms with Gasteiger partial charge < -0.3 is 15.4 Å². The Morgan fingerprint density at radius 2 is 2.16 bits per heavy atom. The van der Waals surface area contributed by atoms with Gasteiger partial charge >= 0.3 is 0 Å². The first kappa shape index (κ1) is 14.0. The maximum atomic E-state index is 8.78. The van der Waals surface area contributed by atoms with E-state index in [1.807, 2.05) is 6.92 Å². The Kier molecular flexibility index (Phi) is 4.22. The molecule has 0 atom stereocenters. The van der Waals surface area contributed by atoms with E-state index in [4.69, 9.17) is 5.11 Å². The van der Waals surface area contributed by atoms with Gasteiger partial charge in [0.1, 0.15) is 5.82 Å². The van der Waals surface area contributed by atoms with Gasteiger partial charge in [-0.05, 0) is 37.6 Å². The number of H-pyrrole nitrogens is 1. The number of nitrogens with zero attached hydrogens (tertiary/aromatic N) is 1. The van der Waals surface area contributed by atoms with Crippen LogP contribution in [-0.2, 0) is 5.41 Å². The highest BCUT2D eigenvalue weighted by molar-refractivity contribution is 5.76. The van der Waals surface area contributed by atoms with Crippen molar-refractivity contribution >= 4 is 11.0 Å². The first-order valence-electron chi connectivity index (χ1n) is 6.81. The zero-order valence-corrected chi connectivity index (χ0v) is 12.0. The second-order valence-corrected chi connectivity index (χ2v) is 5.69. The largest absolute Gasteiger partial charge is 0.396 e. The van der Waals surface area contributed by atoms with Crippen molar-refractivity contribution in [1.82, 2.24) is 15.3 Å². The summed E-state index contributed by atoms with van der Waals surface area (Å²) in [5, 5.41) is 12.2. The maximum Gasteiger partial charge on any atom is 0.104 e. The van der Waals surface area contributed by atoms with Crippen molar-refractivity contribution in [2.24, 2.45) is 0 Å². The minimum absolute atomic E-state index is 0.0582. The predicted octanol–water partition coefficient (Wildman–Crippen LogP) is 2.12. The summed E-state index contributed by atoms with van der Waals surface area (Å²) in [5.41, 5.74) is 3.46. The summed E-state index contributed by atoms with van der Waals surface area (Å²) in [5.74, 6) is 0.950. The van der Waals surface area contributed by atoms with E-state index in [0.717, 1.165) is 36.4 Å². The van der Waals surface area contributed by atoms with E-state index in [1.165, 1.54) is 5.56 Å². The topological polar surface area (TPSA) is 60.9 Å². The molecule has 0 amide bonds. The number of aromatic amines is 1. The highest BCUT2D eigenvalue weighted by Gasteiger charge is 2.20. The van der Waals surface area contributed by atoms with E-state index in [-0.39, 0.29) is 12.0 Å². The van der Waals surface area contributed by atoms with Gasteiger partial charge in [0.2, 0.25) is 0 Å². The van der Waals surface area contributed by atoms with Gasteiger partial charge in [-0.3, -0.25) is 0 Å². The number of aromatic nitrogens is 2. The molecule has 0 aliphatic heterocycles. The average molecular weight is 261 g/mol. The number of aryl methyl sites for hydroxylation is 1. The van der Waals surface area contributed by atoms with Gasteiger partial charge in [0.15, 0.2) is 0 Å². The molecule has 0 unspecified atom stereocenters. The summed E-state index contributed by atoms with van der Waals surface area (Å²) in [4.78, 5) is 7.71. The van der Waals surface area contributed by atoms with Crippen LogP contribution in [0.25, 0.3) is 11.0 Å². The summed E-state index contributed by atoms with van der Waals surface area (Å²) in [6.45, 7) is 8.41. The minimum Gasteiger partial charge on any atom is -0.396 e. The number of fused-ring (bicyclic) bond motifs is 1. The lowest BCUT2D eigenvalue weighted by Gasteiger charge is -2.25. The molecule has 104 valence electrons. The van der Waals surface area contributed by atoms with Crippen molar-refractivity contribution in [3.8, 4) is 0 Å². The summed E-state index contributed by atoms with van der Waals surface area (Å²) < 4.78 is 0. The lowest BCUT2D eigenvalue weighted by Crippen LogP contribution is -2.33. The number of aliphatic hydroxyl groups is 1. The second kappa shape index (κ2) is 5.72. The van der Waals surface area contributed by atoms with E-state index in [1.54, 1.807) is 0 Å². The van der Waals surface area contributed by atoms with Gasteiger partial charge in [0.05, 0.1) is 11.0 Å². The van der Waals surface area contributed by atoms with Crippen LogP contribution in [0.5, 0.6) is 0 Å². The Morgan fingerprint density at radius 1 is 1.37 bits per heavy atom. The van der Waals surface area contributed by atoms with Crippen LogP contribution in [0, 0.1) is 6.92 Å². The highest BCUT2D eigenvalue weighted by Crippen LogP contribution is 2.25. The fraction of sp³-hybridized carbons (Fsp3) is 0.533. The fourth-order valence-corrected chi connectivity index (χ4v) is 2.27. The molecule has 2 rings (SSSR count). The van der Waals surface area contributed by atoms with Gasteiger partial charge in [-0.2, -0.15) is 0 Å². The first-order chi connectivity index (χ1) is 9.03. The van der Waals surface area contributed by atoms with Crippen molar-refractivity contribution < 1.29 is 5.11 Å². The van der Waals surface area contributed by atoms with Crippen LogP contribution in [0.3, 0.4) is 0 Å². The van der Waals surface area contributed by atoms with Crippen LogP contribution in [-0.4, -0.2) is 34.8 Å². The summed E-state index contributed by atoms with van der Waals surface area (Å²) >= 11 is 0. The molecule has 1 heterocycles. The molecule has 3 N–H and O–H groups in total. The average Bonchev–Trinajstić information content (AvgIpc) is 2.73. The number of nitrogens with one attached hydrogen (secondary N) is 2. The Labute approximate surface area is 114 Å². The second-order valence-electron chi connectivity index (χ2n) is 5.69. The SMILES string of the molecule is Cc1nc2ccc(C(C)(C)CNCCCO)cc2[nH]1. The maximum absolute atomic E-state index is 8.78. The van der Waals surface area contributed by atoms with Crippen LogP contribution in [0.2, 0.25) is 0 Å². The molecule has 0 fully saturated rings. The zero-order chi connectivity index (χ0) is 13.9. The third-order valence-electron chi connectivity index (χ3n) is 3.46. The molecule has 0 saturated carbocycles. The number of hydrogen-bond acceptors (Lipinski definition) is 3. The Morgan fingerprint density at radius 3 is 2.89 bits per heavy atom. The van der Waals surface area contributed by atoms with Gasteiger partial charge in [-0.1, -0.05) is 19.9 Å². The van der Waals surface area contributed by atoms with Crippen molar-refractivity contribution in [2.75, 3.05) is 19.7 Å². The number of hydrogen-bond donors (Lipinski definition) is 3. The Bertz CT molecular complexity index is 545. The minimum atomic E-state index is 0.0582. The van der Waals surface area contributed by atoms with Crippen LogP contribution < -0.4 is 5.32 Å². The molecule has 4 nitrogen and oxygen atoms in total. The number of aliphatic hydroxyl groups excluding tert-OH is 1. The summed E-state index contributed by atoms with van der Waals surface area (Å²) in [6, 6.07) is 6.41. The van der Waals surface area contributed by atoms with E-state index < -0.39 is 0 Å². The highest BCUT2D eigenvalue weighted by atomic mass is 16.3. The van der Waals surface area contributed by atoms with Gasteiger partial charge in [0, 0.05) is 18.6 Å². The third-order valence-corrected chi connectivity index (χ3v) is 3.46. The molecular formula is C15H23N3O. The van der Waals surface area contributed by atoms with Crippen molar-refractivity contribution in [3.63, 3.8) is 0 Å². The normalized spacial score (nSPS) is 12.2. The number of benzene rings is 1. The molecule has 0 radical (unpaired) electrons. The predicted molar refractivity (Wildman–Crippen MR) is 78.4 cm³/mol. The van der Waals surface area contributed by atoms with E-state index in [0.29, 0.717) is 0 Å². The van der Waals surface area contributed by atoms with Crippen molar-refractivity contribution in [2.45, 2.75) is 32.6 Å². The third kappa shape index (κ3) is 3.33. The fourth-order valence-electron chi connectivity index (χ4n) is 2.27. The lowest BCUT2D eigenvalue weighted by molar-refractivity contribution is 0.284. The molecule has 0 spiro atoms. The molecule has 19 heavy (non-hydrogen) atoms. The molecule has 0 saturated heterocycles. The van der Waals surface area contributed by atoms with E-state index in [9.17, 15) is 0 Å². The molecule has 1 aromatic carbocycles. The monoisotopic (exact) mass is 261 g/mol. The number of rotatable bonds is 6. The molecule has 1 aromatic heterocycles. The standard InChI is InChI=1S/C15H23N3O/c1-11-17-13-6-5-12(9-14(13)18-11)15(2,3)10-16-7-4-8-19/h5-6,9,16,19H,4,7-8,10H2,1-3H3,(H,17,18). The first-order valence-corrected chi connectivity index (χ1v) is 6.81. The van der Waals surface area contributed by atoms with Crippen LogP contribution in [0.1, 0.15) is 31.7 Å². The molecular weight excluding hydrogens is 238 g/mol. The van der Waals surface area contributed by atoms with E-state index in [2.05, 4.69) is 47.3 Å². The smallest absolute Gasteiger partial charge is 0.104 e. The quantitative estimate of drug-likeness (QED) is 0.698. The van der Waals surface area contributed by atoms with Gasteiger partial charge in [-0.15, -0.1) is 0 Å². The molecule has 0 aliphatic rings. The zero-order valence-electron chi connectivity index (χ0n) is 12.0. The summed E-state index contributed by atoms with van der Waals surface area (Å²) in [7, 11) is 0. The van der Waals surface area contributed by atoms with E-state index >= 15 is 0 Å². The van der Waals surface area contributed by atoms with Gasteiger partial charge in [-0.25, -0.2) is 4.98 Å². The van der Waals surface area contributed by atoms with Crippen molar-refractivity contribution in [1.29, 1.82) is 0 Å². The van der Waals surface area contributed by atoms with Crippen LogP contribution in [0.15, 0.2) is 18.2 Å². The Balaban J connectivity index is 2.12. The number of imidazole rings is 1. The van der Waals surface area contributed by atoms with Crippen molar-refractivity contribution in [3.05, 3.63) is 29.6 Å². The molecule has 4 heteroatoms. The van der Waals surface area contributed by atoms with Gasteiger partial charge in [0.25, 0.3) is 0 Å². The van der Waals surface area contributed by atoms with Crippen LogP contribution in [0.4, 0.5) is 0 Å². The lowest BCUT2D eigenvalue weighted by atomic mass is 9.84. The Hall–Kier alpha value is -1.39. The summed E-state index contributed by atoms with van der Waals surface area (Å²) in [6.07, 6.45) is 0.800. The molecule has 0 aliphatic carbocycles. The molecule has 0 bridgehead atoms.